The van der Waals surface area contributed by atoms with Crippen LogP contribution in [-0.4, -0.2) is 24.0 Å². The molecule has 0 bridgehead atoms. The van der Waals surface area contributed by atoms with Crippen LogP contribution >= 0.6 is 0 Å². The van der Waals surface area contributed by atoms with Gasteiger partial charge in [0, 0.05) is 6.04 Å². The number of nitrogens with zero attached hydrogens (tertiary/aromatic N) is 1. The van der Waals surface area contributed by atoms with Crippen LogP contribution in [0.1, 0.15) is 86.0 Å². The highest BCUT2D eigenvalue weighted by atomic mass is 19.1. The minimum Gasteiger partial charge on any atom is -0.300 e. The third-order valence-corrected chi connectivity index (χ3v) is 5.14. The molecule has 152 valence electrons. The molecule has 1 rings (SSSR count). The molecule has 1 unspecified atom stereocenters. The fraction of sp³-hybridized carbons (Fsp3) is 0.750. The van der Waals surface area contributed by atoms with E-state index >= 15 is 0 Å². The fourth-order valence-electron chi connectivity index (χ4n) is 3.26. The number of piperidine rings is 1. The van der Waals surface area contributed by atoms with Crippen molar-refractivity contribution in [2.45, 2.75) is 92.0 Å². The van der Waals surface area contributed by atoms with Gasteiger partial charge in [0.05, 0.1) is 0 Å². The van der Waals surface area contributed by atoms with Crippen molar-refractivity contribution in [3.8, 4) is 0 Å². The zero-order valence-corrected chi connectivity index (χ0v) is 18.1. The first-order chi connectivity index (χ1) is 12.4. The van der Waals surface area contributed by atoms with Crippen LogP contribution in [0.15, 0.2) is 36.7 Å². The van der Waals surface area contributed by atoms with E-state index < -0.39 is 0 Å². The number of rotatable bonds is 10. The zero-order valence-electron chi connectivity index (χ0n) is 18.1. The molecule has 1 fully saturated rings. The highest BCUT2D eigenvalue weighted by Gasteiger charge is 2.19. The van der Waals surface area contributed by atoms with E-state index in [0.717, 1.165) is 12.0 Å². The molecule has 0 saturated carbocycles. The first-order valence-corrected chi connectivity index (χ1v) is 10.8. The SMILES string of the molecule is C=C/C=C(F)\C=C/C(C)C.CCC[C@@H](CCC(C)CC)N1CCCCC1. The van der Waals surface area contributed by atoms with Crippen molar-refractivity contribution in [2.24, 2.45) is 11.8 Å². The predicted octanol–water partition coefficient (Wildman–Crippen LogP) is 7.71. The molecular weight excluding hydrogens is 321 g/mol. The van der Waals surface area contributed by atoms with Gasteiger partial charge in [-0.2, -0.15) is 0 Å². The van der Waals surface area contributed by atoms with Crippen molar-refractivity contribution in [3.63, 3.8) is 0 Å². The minimum atomic E-state index is -0.247. The maximum Gasteiger partial charge on any atom is 0.122 e. The summed E-state index contributed by atoms with van der Waals surface area (Å²) in [5.74, 6) is 1.07. The molecule has 0 amide bonds. The Balaban J connectivity index is 0.000000541. The number of halogens is 1. The van der Waals surface area contributed by atoms with Crippen LogP contribution < -0.4 is 0 Å². The average molecular weight is 366 g/mol. The first-order valence-electron chi connectivity index (χ1n) is 10.8. The lowest BCUT2D eigenvalue weighted by Crippen LogP contribution is -2.39. The Labute approximate surface area is 163 Å². The summed E-state index contributed by atoms with van der Waals surface area (Å²) in [4.78, 5) is 2.77. The van der Waals surface area contributed by atoms with E-state index in [1.165, 1.54) is 82.7 Å². The largest absolute Gasteiger partial charge is 0.300 e. The lowest BCUT2D eigenvalue weighted by molar-refractivity contribution is 0.141. The Kier molecular flexibility index (Phi) is 15.7. The Morgan fingerprint density at radius 3 is 2.19 bits per heavy atom. The lowest BCUT2D eigenvalue weighted by atomic mass is 9.95. The van der Waals surface area contributed by atoms with Crippen LogP contribution in [0.4, 0.5) is 4.39 Å². The maximum absolute atomic E-state index is 12.5. The van der Waals surface area contributed by atoms with Gasteiger partial charge in [-0.3, -0.25) is 0 Å². The summed E-state index contributed by atoms with van der Waals surface area (Å²) in [6.45, 7) is 17.2. The third-order valence-electron chi connectivity index (χ3n) is 5.14. The molecule has 2 atom stereocenters. The van der Waals surface area contributed by atoms with Crippen molar-refractivity contribution in [1.82, 2.24) is 4.90 Å². The summed E-state index contributed by atoms with van der Waals surface area (Å²) >= 11 is 0. The van der Waals surface area contributed by atoms with Gasteiger partial charge in [0.25, 0.3) is 0 Å². The second kappa shape index (κ2) is 16.3. The smallest absolute Gasteiger partial charge is 0.122 e. The van der Waals surface area contributed by atoms with Crippen LogP contribution in [-0.2, 0) is 0 Å². The lowest BCUT2D eigenvalue weighted by Gasteiger charge is -2.35. The van der Waals surface area contributed by atoms with Gasteiger partial charge in [-0.25, -0.2) is 4.39 Å². The molecule has 1 saturated heterocycles. The normalized spacial score (nSPS) is 18.5. The molecular formula is C24H44FN. The van der Waals surface area contributed by atoms with Gasteiger partial charge >= 0.3 is 0 Å². The highest BCUT2D eigenvalue weighted by molar-refractivity contribution is 5.16. The molecule has 0 aromatic rings. The van der Waals surface area contributed by atoms with Gasteiger partial charge in [-0.05, 0) is 69.2 Å². The quantitative estimate of drug-likeness (QED) is 0.358. The van der Waals surface area contributed by atoms with E-state index in [4.69, 9.17) is 0 Å². The van der Waals surface area contributed by atoms with E-state index in [1.54, 1.807) is 6.08 Å². The van der Waals surface area contributed by atoms with Crippen molar-refractivity contribution >= 4 is 0 Å². The second-order valence-corrected chi connectivity index (χ2v) is 8.02. The summed E-state index contributed by atoms with van der Waals surface area (Å²) in [5, 5.41) is 0. The highest BCUT2D eigenvalue weighted by Crippen LogP contribution is 2.21. The van der Waals surface area contributed by atoms with E-state index in [-0.39, 0.29) is 5.83 Å². The number of likely N-dealkylation sites (tertiary alicyclic amines) is 1. The van der Waals surface area contributed by atoms with Gasteiger partial charge in [0.1, 0.15) is 5.83 Å². The Bertz CT molecular complexity index is 391. The number of hydrogen-bond acceptors (Lipinski definition) is 1. The molecule has 1 nitrogen and oxygen atoms in total. The Hall–Kier alpha value is -0.890. The van der Waals surface area contributed by atoms with E-state index in [1.807, 2.05) is 13.8 Å². The summed E-state index contributed by atoms with van der Waals surface area (Å²) in [6, 6.07) is 0.888. The molecule has 0 N–H and O–H groups in total. The first kappa shape index (κ1) is 25.1. The molecule has 1 heterocycles. The summed E-state index contributed by atoms with van der Waals surface area (Å²) in [7, 11) is 0. The second-order valence-electron chi connectivity index (χ2n) is 8.02. The molecule has 0 spiro atoms. The zero-order chi connectivity index (χ0) is 19.8. The Morgan fingerprint density at radius 2 is 1.69 bits per heavy atom. The molecule has 2 heteroatoms. The van der Waals surface area contributed by atoms with E-state index in [2.05, 4.69) is 32.3 Å². The standard InChI is InChI=1S/C15H31N.C9H13F/c1-4-9-15(11-10-14(3)5-2)16-12-7-6-8-13-16;1-4-5-9(10)7-6-8(2)3/h14-15H,4-13H2,1-3H3;4-8H,1H2,2-3H3/b;7-6-,9-5+/t14?,15-;/m0./s1. The molecule has 0 radical (unpaired) electrons. The van der Waals surface area contributed by atoms with Crippen LogP contribution in [0, 0.1) is 11.8 Å². The average Bonchev–Trinajstić information content (AvgIpc) is 2.64. The minimum absolute atomic E-state index is 0.247. The monoisotopic (exact) mass is 365 g/mol. The predicted molar refractivity (Wildman–Crippen MR) is 116 cm³/mol. The number of hydrogen-bond donors (Lipinski definition) is 0. The summed E-state index contributed by atoms with van der Waals surface area (Å²) in [5.41, 5.74) is 0. The van der Waals surface area contributed by atoms with Gasteiger partial charge in [-0.1, -0.05) is 72.6 Å². The van der Waals surface area contributed by atoms with Crippen molar-refractivity contribution < 1.29 is 4.39 Å². The topological polar surface area (TPSA) is 3.24 Å². The Morgan fingerprint density at radius 1 is 1.04 bits per heavy atom. The molecule has 26 heavy (non-hydrogen) atoms. The fourth-order valence-corrected chi connectivity index (χ4v) is 3.26. The van der Waals surface area contributed by atoms with Gasteiger partial charge in [-0.15, -0.1) is 0 Å². The molecule has 1 aliphatic heterocycles. The van der Waals surface area contributed by atoms with Crippen LogP contribution in [0.25, 0.3) is 0 Å². The maximum atomic E-state index is 12.5. The van der Waals surface area contributed by atoms with Crippen LogP contribution in [0.2, 0.25) is 0 Å². The van der Waals surface area contributed by atoms with Crippen LogP contribution in [0.5, 0.6) is 0 Å². The molecule has 0 aliphatic carbocycles. The van der Waals surface area contributed by atoms with Gasteiger partial charge < -0.3 is 4.90 Å². The van der Waals surface area contributed by atoms with Gasteiger partial charge in [0.2, 0.25) is 0 Å². The van der Waals surface area contributed by atoms with Crippen molar-refractivity contribution in [2.75, 3.05) is 13.1 Å². The number of allylic oxidation sites excluding steroid dienone is 5. The summed E-state index contributed by atoms with van der Waals surface area (Å²) < 4.78 is 12.5. The molecule has 1 aliphatic rings. The molecule has 0 aromatic carbocycles. The molecule has 0 aromatic heterocycles. The van der Waals surface area contributed by atoms with Crippen LogP contribution in [0.3, 0.4) is 0 Å². The van der Waals surface area contributed by atoms with E-state index in [9.17, 15) is 4.39 Å². The summed E-state index contributed by atoms with van der Waals surface area (Å²) in [6.07, 6.45) is 17.3. The van der Waals surface area contributed by atoms with Gasteiger partial charge in [0.15, 0.2) is 0 Å². The van der Waals surface area contributed by atoms with E-state index in [0.29, 0.717) is 5.92 Å². The van der Waals surface area contributed by atoms with Crippen molar-refractivity contribution in [3.05, 3.63) is 36.7 Å². The third kappa shape index (κ3) is 13.3. The van der Waals surface area contributed by atoms with Crippen molar-refractivity contribution in [1.29, 1.82) is 0 Å².